The average Bonchev–Trinajstić information content (AvgIpc) is 2.28. The lowest BCUT2D eigenvalue weighted by molar-refractivity contribution is 0.245. The van der Waals surface area contributed by atoms with E-state index >= 15 is 0 Å². The van der Waals surface area contributed by atoms with E-state index in [2.05, 4.69) is 25.7 Å². The van der Waals surface area contributed by atoms with Crippen LogP contribution >= 0.6 is 0 Å². The first-order chi connectivity index (χ1) is 7.03. The Morgan fingerprint density at radius 3 is 2.67 bits per heavy atom. The number of likely N-dealkylation sites (tertiary alicyclic amines) is 1. The summed E-state index contributed by atoms with van der Waals surface area (Å²) >= 11 is 0. The summed E-state index contributed by atoms with van der Waals surface area (Å²) < 4.78 is 0. The molecule has 1 atom stereocenters. The summed E-state index contributed by atoms with van der Waals surface area (Å²) in [5, 5.41) is 0. The minimum Gasteiger partial charge on any atom is -0.327 e. The van der Waals surface area contributed by atoms with Gasteiger partial charge < -0.3 is 10.6 Å². The van der Waals surface area contributed by atoms with Gasteiger partial charge in [-0.25, -0.2) is 0 Å². The molecule has 1 saturated heterocycles. The summed E-state index contributed by atoms with van der Waals surface area (Å²) in [6, 6.07) is 0.385. The highest BCUT2D eigenvalue weighted by atomic mass is 15.1. The van der Waals surface area contributed by atoms with Gasteiger partial charge >= 0.3 is 0 Å². The van der Waals surface area contributed by atoms with Crippen molar-refractivity contribution in [1.82, 2.24) is 4.90 Å². The van der Waals surface area contributed by atoms with Gasteiger partial charge in [0.2, 0.25) is 0 Å². The van der Waals surface area contributed by atoms with Crippen LogP contribution in [-0.4, -0.2) is 30.6 Å². The topological polar surface area (TPSA) is 29.3 Å². The summed E-state index contributed by atoms with van der Waals surface area (Å²) in [6.07, 6.45) is 6.41. The van der Waals surface area contributed by atoms with Crippen molar-refractivity contribution in [3.05, 3.63) is 0 Å². The summed E-state index contributed by atoms with van der Waals surface area (Å²) in [5.41, 5.74) is 6.64. The largest absolute Gasteiger partial charge is 0.327 e. The Balaban J connectivity index is 2.31. The van der Waals surface area contributed by atoms with Crippen molar-refractivity contribution in [3.8, 4) is 0 Å². The Hall–Kier alpha value is -0.0800. The molecule has 0 amide bonds. The van der Waals surface area contributed by atoms with Gasteiger partial charge in [0.15, 0.2) is 0 Å². The number of rotatable bonds is 4. The molecule has 15 heavy (non-hydrogen) atoms. The first-order valence-electron chi connectivity index (χ1n) is 6.51. The predicted octanol–water partition coefficient (Wildman–Crippen LogP) is 2.63. The van der Waals surface area contributed by atoms with Crippen molar-refractivity contribution in [3.63, 3.8) is 0 Å². The van der Waals surface area contributed by atoms with Crippen LogP contribution < -0.4 is 5.73 Å². The van der Waals surface area contributed by atoms with E-state index in [1.807, 2.05) is 0 Å². The van der Waals surface area contributed by atoms with Crippen LogP contribution in [0.4, 0.5) is 0 Å². The molecule has 1 unspecified atom stereocenters. The first kappa shape index (κ1) is 13.0. The van der Waals surface area contributed by atoms with Gasteiger partial charge in [0.1, 0.15) is 0 Å². The molecular formula is C13H28N2. The highest BCUT2D eigenvalue weighted by Crippen LogP contribution is 2.29. The third kappa shape index (κ3) is 4.98. The zero-order chi connectivity index (χ0) is 11.3. The number of hydrogen-bond acceptors (Lipinski definition) is 2. The van der Waals surface area contributed by atoms with E-state index in [0.717, 1.165) is 6.54 Å². The van der Waals surface area contributed by atoms with Gasteiger partial charge in [0.25, 0.3) is 0 Å². The second-order valence-corrected chi connectivity index (χ2v) is 5.87. The van der Waals surface area contributed by atoms with Gasteiger partial charge in [0, 0.05) is 12.6 Å². The molecule has 0 radical (unpaired) electrons. The van der Waals surface area contributed by atoms with Gasteiger partial charge in [-0.3, -0.25) is 0 Å². The van der Waals surface area contributed by atoms with E-state index in [1.165, 1.54) is 45.2 Å². The van der Waals surface area contributed by atoms with E-state index in [1.54, 1.807) is 0 Å². The van der Waals surface area contributed by atoms with Crippen molar-refractivity contribution < 1.29 is 0 Å². The van der Waals surface area contributed by atoms with Crippen molar-refractivity contribution in [2.45, 2.75) is 58.9 Å². The van der Waals surface area contributed by atoms with Crippen molar-refractivity contribution in [1.29, 1.82) is 0 Å². The Bertz CT molecular complexity index is 177. The van der Waals surface area contributed by atoms with Crippen molar-refractivity contribution in [2.24, 2.45) is 11.1 Å². The molecule has 1 aliphatic rings. The lowest BCUT2D eigenvalue weighted by atomic mass is 9.85. The van der Waals surface area contributed by atoms with Gasteiger partial charge in [-0.15, -0.1) is 0 Å². The molecule has 2 heteroatoms. The van der Waals surface area contributed by atoms with Gasteiger partial charge in [-0.1, -0.05) is 27.2 Å². The third-order valence-electron chi connectivity index (χ3n) is 3.58. The summed E-state index contributed by atoms with van der Waals surface area (Å²) in [5.74, 6) is 0. The van der Waals surface area contributed by atoms with E-state index < -0.39 is 0 Å². The maximum Gasteiger partial charge on any atom is 0.0167 e. The highest BCUT2D eigenvalue weighted by Gasteiger charge is 2.23. The fraction of sp³-hybridized carbons (Fsp3) is 1.00. The molecule has 0 bridgehead atoms. The molecule has 1 heterocycles. The van der Waals surface area contributed by atoms with Crippen molar-refractivity contribution >= 4 is 0 Å². The van der Waals surface area contributed by atoms with Crippen LogP contribution in [0, 0.1) is 5.41 Å². The molecular weight excluding hydrogens is 184 g/mol. The number of nitrogens with zero attached hydrogens (tertiary/aromatic N) is 1. The lowest BCUT2D eigenvalue weighted by Gasteiger charge is -2.25. The third-order valence-corrected chi connectivity index (χ3v) is 3.58. The van der Waals surface area contributed by atoms with Crippen molar-refractivity contribution in [2.75, 3.05) is 19.6 Å². The Morgan fingerprint density at radius 1 is 1.27 bits per heavy atom. The van der Waals surface area contributed by atoms with Crippen LogP contribution in [0.5, 0.6) is 0 Å². The highest BCUT2D eigenvalue weighted by molar-refractivity contribution is 4.78. The lowest BCUT2D eigenvalue weighted by Crippen LogP contribution is -2.38. The SMILES string of the molecule is CCCC(N)CN1CCCC(C)(C)CC1. The quantitative estimate of drug-likeness (QED) is 0.776. The predicted molar refractivity (Wildman–Crippen MR) is 67.0 cm³/mol. The molecule has 2 N–H and O–H groups in total. The average molecular weight is 212 g/mol. The van der Waals surface area contributed by atoms with E-state index in [-0.39, 0.29) is 0 Å². The fourth-order valence-electron chi connectivity index (χ4n) is 2.46. The van der Waals surface area contributed by atoms with Crippen LogP contribution in [0.2, 0.25) is 0 Å². The van der Waals surface area contributed by atoms with E-state index in [9.17, 15) is 0 Å². The normalized spacial score (nSPS) is 24.8. The molecule has 90 valence electrons. The minimum absolute atomic E-state index is 0.385. The van der Waals surface area contributed by atoms with Crippen LogP contribution in [-0.2, 0) is 0 Å². The molecule has 1 fully saturated rings. The summed E-state index contributed by atoms with van der Waals surface area (Å²) in [7, 11) is 0. The second kappa shape index (κ2) is 5.86. The van der Waals surface area contributed by atoms with Crippen LogP contribution in [0.3, 0.4) is 0 Å². The molecule has 2 nitrogen and oxygen atoms in total. The van der Waals surface area contributed by atoms with Gasteiger partial charge in [-0.2, -0.15) is 0 Å². The number of nitrogens with two attached hydrogens (primary N) is 1. The maximum atomic E-state index is 6.09. The Morgan fingerprint density at radius 2 is 2.00 bits per heavy atom. The van der Waals surface area contributed by atoms with Crippen LogP contribution in [0.25, 0.3) is 0 Å². The minimum atomic E-state index is 0.385. The molecule has 0 aromatic heterocycles. The Labute approximate surface area is 95.2 Å². The molecule has 0 aromatic rings. The second-order valence-electron chi connectivity index (χ2n) is 5.87. The fourth-order valence-corrected chi connectivity index (χ4v) is 2.46. The number of hydrogen-bond donors (Lipinski definition) is 1. The Kier molecular flexibility index (Phi) is 5.07. The molecule has 0 aliphatic carbocycles. The summed E-state index contributed by atoms with van der Waals surface area (Å²) in [4.78, 5) is 2.56. The standard InChI is InChI=1S/C13H28N2/c1-4-6-12(14)11-15-9-5-7-13(2,3)8-10-15/h12H,4-11,14H2,1-3H3. The smallest absolute Gasteiger partial charge is 0.0167 e. The molecule has 0 spiro atoms. The molecule has 0 saturated carbocycles. The molecule has 1 aliphatic heterocycles. The van der Waals surface area contributed by atoms with Crippen LogP contribution in [0.15, 0.2) is 0 Å². The van der Waals surface area contributed by atoms with E-state index in [0.29, 0.717) is 11.5 Å². The monoisotopic (exact) mass is 212 g/mol. The van der Waals surface area contributed by atoms with Gasteiger partial charge in [0.05, 0.1) is 0 Å². The molecule has 1 rings (SSSR count). The zero-order valence-corrected chi connectivity index (χ0v) is 10.8. The molecule has 0 aromatic carbocycles. The zero-order valence-electron chi connectivity index (χ0n) is 10.8. The first-order valence-corrected chi connectivity index (χ1v) is 6.51. The van der Waals surface area contributed by atoms with E-state index in [4.69, 9.17) is 5.73 Å². The van der Waals surface area contributed by atoms with Crippen LogP contribution in [0.1, 0.15) is 52.9 Å². The van der Waals surface area contributed by atoms with Gasteiger partial charge in [-0.05, 0) is 44.2 Å². The summed E-state index contributed by atoms with van der Waals surface area (Å²) in [6.45, 7) is 10.6. The maximum absolute atomic E-state index is 6.09.